The van der Waals surface area contributed by atoms with E-state index in [0.717, 1.165) is 56.3 Å². The van der Waals surface area contributed by atoms with E-state index in [9.17, 15) is 79.0 Å². The van der Waals surface area contributed by atoms with Gasteiger partial charge >= 0.3 is 44.4 Å². The lowest BCUT2D eigenvalue weighted by Crippen LogP contribution is -2.38. The van der Waals surface area contributed by atoms with Crippen molar-refractivity contribution in [3.63, 3.8) is 0 Å². The van der Waals surface area contributed by atoms with E-state index in [1.54, 1.807) is 0 Å². The number of anilines is 1. The highest BCUT2D eigenvalue weighted by Gasteiger charge is 2.45. The van der Waals surface area contributed by atoms with Crippen LogP contribution in [0.3, 0.4) is 0 Å². The van der Waals surface area contributed by atoms with Crippen LogP contribution in [-0.4, -0.2) is 20.4 Å². The molecule has 0 bridgehead atoms. The van der Waals surface area contributed by atoms with E-state index in [4.69, 9.17) is 14.0 Å². The minimum Gasteiger partial charge on any atom is -0.490 e. The van der Waals surface area contributed by atoms with E-state index in [1.807, 2.05) is 0 Å². The summed E-state index contributed by atoms with van der Waals surface area (Å²) in [6.45, 7) is 2.91. The lowest BCUT2D eigenvalue weighted by atomic mass is 10.0. The van der Waals surface area contributed by atoms with E-state index in [-0.39, 0.29) is 62.3 Å². The van der Waals surface area contributed by atoms with Crippen LogP contribution in [0.15, 0.2) is 48.5 Å². The third-order valence-corrected chi connectivity index (χ3v) is 9.36. The molecule has 0 saturated heterocycles. The molecule has 0 heterocycles. The molecule has 3 rings (SSSR count). The van der Waals surface area contributed by atoms with E-state index in [1.165, 1.54) is 6.92 Å². The number of hydrogen-bond donors (Lipinski definition) is 0. The van der Waals surface area contributed by atoms with Crippen LogP contribution in [0.1, 0.15) is 124 Å². The third kappa shape index (κ3) is 16.6. The zero-order valence-electron chi connectivity index (χ0n) is 33.6. The third-order valence-electron chi connectivity index (χ3n) is 9.36. The number of alkyl halides is 18. The number of hydrogen-bond acceptors (Lipinski definition) is 4. The Morgan fingerprint density at radius 2 is 0.730 bits per heavy atom. The summed E-state index contributed by atoms with van der Waals surface area (Å²) in [6.07, 6.45) is -24.5. The van der Waals surface area contributed by atoms with Crippen LogP contribution in [0, 0.1) is 0 Å². The highest BCUT2D eigenvalue weighted by Crippen LogP contribution is 2.47. The van der Waals surface area contributed by atoms with Crippen molar-refractivity contribution in [2.45, 2.75) is 128 Å². The normalized spacial score (nSPS) is 13.0. The molecule has 0 amide bonds. The Morgan fingerprint density at radius 1 is 0.381 bits per heavy atom. The van der Waals surface area contributed by atoms with Gasteiger partial charge in [0.15, 0.2) is 0 Å². The summed E-state index contributed by atoms with van der Waals surface area (Å²) in [4.78, 5) is 0.932. The monoisotopic (exact) mass is 937 g/mol. The zero-order chi connectivity index (χ0) is 47.6. The fraction of sp³-hybridized carbons (Fsp3) is 0.550. The van der Waals surface area contributed by atoms with Crippen LogP contribution < -0.4 is 18.9 Å². The molecule has 0 aliphatic carbocycles. The minimum atomic E-state index is -5.64. The summed E-state index contributed by atoms with van der Waals surface area (Å²) >= 11 is 0. The molecule has 4 nitrogen and oxygen atoms in total. The molecule has 0 fully saturated rings. The highest BCUT2D eigenvalue weighted by atomic mass is 19.4. The average molecular weight is 938 g/mol. The van der Waals surface area contributed by atoms with Crippen molar-refractivity contribution in [2.24, 2.45) is 0 Å². The molecule has 0 saturated carbocycles. The molecule has 0 aliphatic heterocycles. The number of benzene rings is 3. The van der Waals surface area contributed by atoms with Crippen LogP contribution in [0.5, 0.6) is 17.2 Å². The molecular weight excluding hydrogens is 895 g/mol. The van der Waals surface area contributed by atoms with Gasteiger partial charge in [-0.05, 0) is 61.4 Å². The molecule has 354 valence electrons. The summed E-state index contributed by atoms with van der Waals surface area (Å²) in [5, 5.41) is 0. The summed E-state index contributed by atoms with van der Waals surface area (Å²) in [7, 11) is -3.27. The smallest absolute Gasteiger partial charge is 0.490 e. The summed E-state index contributed by atoms with van der Waals surface area (Å²) in [6, 6.07) is -1.83. The SMILES string of the molecule is CCCCCCCCCCCCCN(CCC)c1c(OB(Oc2cc(C(F)(F)F)cc(C(F)(F)F)c2)Oc2cc(C(F)(F)F)cc(C(F)(F)F)c2)cc(C(F)(F)F)cc1C(F)(F)F. The second kappa shape index (κ2) is 21.6. The lowest BCUT2D eigenvalue weighted by Gasteiger charge is -2.31. The number of unbranched alkanes of at least 4 members (excludes halogenated alkanes) is 10. The van der Waals surface area contributed by atoms with Gasteiger partial charge in [-0.3, -0.25) is 0 Å². The van der Waals surface area contributed by atoms with Gasteiger partial charge in [0.2, 0.25) is 0 Å². The van der Waals surface area contributed by atoms with Crippen molar-refractivity contribution in [3.8, 4) is 17.2 Å². The maximum atomic E-state index is 14.8. The Kier molecular flexibility index (Phi) is 18.1. The molecule has 0 unspecified atom stereocenters. The summed E-state index contributed by atoms with van der Waals surface area (Å²) in [5.74, 6) is -4.67. The first-order valence-corrected chi connectivity index (χ1v) is 19.6. The first-order chi connectivity index (χ1) is 28.9. The number of halogens is 18. The van der Waals surface area contributed by atoms with Crippen LogP contribution >= 0.6 is 0 Å². The average Bonchev–Trinajstić information content (AvgIpc) is 3.14. The molecule has 0 atom stereocenters. The first-order valence-electron chi connectivity index (χ1n) is 19.6. The van der Waals surface area contributed by atoms with Crippen LogP contribution in [0.4, 0.5) is 84.7 Å². The van der Waals surface area contributed by atoms with E-state index in [2.05, 4.69) is 6.92 Å². The van der Waals surface area contributed by atoms with Crippen molar-refractivity contribution in [1.29, 1.82) is 0 Å². The molecule has 63 heavy (non-hydrogen) atoms. The highest BCUT2D eigenvalue weighted by molar-refractivity contribution is 6.39. The number of nitrogens with zero attached hydrogens (tertiary/aromatic N) is 1. The van der Waals surface area contributed by atoms with Gasteiger partial charge < -0.3 is 18.9 Å². The first kappa shape index (κ1) is 53.0. The van der Waals surface area contributed by atoms with Crippen molar-refractivity contribution in [3.05, 3.63) is 81.9 Å². The van der Waals surface area contributed by atoms with Gasteiger partial charge in [0.05, 0.1) is 39.1 Å². The maximum Gasteiger partial charge on any atom is 0.864 e. The molecule has 3 aromatic carbocycles. The molecule has 0 spiro atoms. The Labute approximate surface area is 351 Å². The fourth-order valence-electron chi connectivity index (χ4n) is 6.36. The fourth-order valence-corrected chi connectivity index (χ4v) is 6.36. The Bertz CT molecular complexity index is 1760. The summed E-state index contributed by atoms with van der Waals surface area (Å²) < 4.78 is 267. The van der Waals surface area contributed by atoms with Crippen LogP contribution in [-0.2, 0) is 37.1 Å². The largest absolute Gasteiger partial charge is 0.864 e. The second-order valence-electron chi connectivity index (χ2n) is 14.5. The van der Waals surface area contributed by atoms with E-state index in [0.29, 0.717) is 12.8 Å². The van der Waals surface area contributed by atoms with Gasteiger partial charge in [-0.25, -0.2) is 0 Å². The molecule has 0 aliphatic rings. The van der Waals surface area contributed by atoms with Crippen molar-refractivity contribution < 1.29 is 93.0 Å². The van der Waals surface area contributed by atoms with Gasteiger partial charge in [-0.15, -0.1) is 0 Å². The van der Waals surface area contributed by atoms with Gasteiger partial charge in [-0.1, -0.05) is 78.1 Å². The predicted octanol–water partition coefficient (Wildman–Crippen LogP) is 15.8. The second-order valence-corrected chi connectivity index (χ2v) is 14.5. The molecule has 23 heteroatoms. The Hall–Kier alpha value is -4.34. The van der Waals surface area contributed by atoms with E-state index >= 15 is 0 Å². The Balaban J connectivity index is 2.23. The van der Waals surface area contributed by atoms with Crippen molar-refractivity contribution in [1.82, 2.24) is 0 Å². The van der Waals surface area contributed by atoms with Gasteiger partial charge in [-0.2, -0.15) is 79.0 Å². The topological polar surface area (TPSA) is 30.9 Å². The molecular formula is C40H42BF18NO3. The quantitative estimate of drug-likeness (QED) is 0.0605. The molecule has 3 aromatic rings. The van der Waals surface area contributed by atoms with E-state index < -0.39 is 113 Å². The Morgan fingerprint density at radius 3 is 1.06 bits per heavy atom. The minimum absolute atomic E-state index is 0.0289. The van der Waals surface area contributed by atoms with Gasteiger partial charge in [0.1, 0.15) is 17.2 Å². The lowest BCUT2D eigenvalue weighted by molar-refractivity contribution is -0.144. The van der Waals surface area contributed by atoms with Crippen molar-refractivity contribution in [2.75, 3.05) is 18.0 Å². The van der Waals surface area contributed by atoms with Gasteiger partial charge in [0.25, 0.3) is 0 Å². The maximum absolute atomic E-state index is 14.8. The molecule has 0 radical (unpaired) electrons. The molecule has 0 N–H and O–H groups in total. The van der Waals surface area contributed by atoms with Crippen LogP contribution in [0.2, 0.25) is 0 Å². The predicted molar refractivity (Wildman–Crippen MR) is 196 cm³/mol. The van der Waals surface area contributed by atoms with Crippen LogP contribution in [0.25, 0.3) is 0 Å². The van der Waals surface area contributed by atoms with Crippen molar-refractivity contribution >= 4 is 13.0 Å². The number of rotatable bonds is 21. The standard InChI is InChI=1S/C40H42BF18NO3/c1-3-5-6-7-8-9-10-11-12-13-14-16-60(15-4-2)34-32(40(57,58)59)23-29(39(54,55)56)24-33(34)63-41(61-30-19-25(35(42,43)44)17-26(20-30)36(45,46)47)62-31-21-27(37(48,49)50)18-28(22-31)38(51,52)53/h17-24H,3-16H2,1-2H3. The summed E-state index contributed by atoms with van der Waals surface area (Å²) in [5.41, 5.74) is -13.6. The van der Waals surface area contributed by atoms with Gasteiger partial charge in [0, 0.05) is 13.1 Å². The molecule has 0 aromatic heterocycles. The zero-order valence-corrected chi connectivity index (χ0v) is 33.6.